The van der Waals surface area contributed by atoms with Gasteiger partial charge in [-0.25, -0.2) is 9.07 Å². The number of tetrazole rings is 1. The van der Waals surface area contributed by atoms with Gasteiger partial charge in [0.2, 0.25) is 0 Å². The van der Waals surface area contributed by atoms with Crippen molar-refractivity contribution in [3.63, 3.8) is 0 Å². The van der Waals surface area contributed by atoms with Gasteiger partial charge in [0.05, 0.1) is 11.6 Å². The zero-order valence-corrected chi connectivity index (χ0v) is 16.9. The van der Waals surface area contributed by atoms with Crippen molar-refractivity contribution in [2.75, 3.05) is 31.1 Å². The zero-order valence-electron chi connectivity index (χ0n) is 16.9. The minimum absolute atomic E-state index is 0.0965. The molecule has 2 aromatic rings. The van der Waals surface area contributed by atoms with Gasteiger partial charge in [-0.3, -0.25) is 4.90 Å². The average Bonchev–Trinajstić information content (AvgIpc) is 3.17. The number of halogens is 1. The van der Waals surface area contributed by atoms with Crippen molar-refractivity contribution in [2.24, 2.45) is 0 Å². The van der Waals surface area contributed by atoms with Gasteiger partial charge in [-0.1, -0.05) is 20.3 Å². The summed E-state index contributed by atoms with van der Waals surface area (Å²) in [7, 11) is 0. The van der Waals surface area contributed by atoms with Gasteiger partial charge in [-0.05, 0) is 61.4 Å². The summed E-state index contributed by atoms with van der Waals surface area (Å²) in [6.45, 7) is 12.5. The lowest BCUT2D eigenvalue weighted by Crippen LogP contribution is -2.48. The second-order valence-corrected chi connectivity index (χ2v) is 7.92. The van der Waals surface area contributed by atoms with Crippen LogP contribution < -0.4 is 4.90 Å². The van der Waals surface area contributed by atoms with Gasteiger partial charge >= 0.3 is 0 Å². The normalized spacial score (nSPS) is 17.3. The van der Waals surface area contributed by atoms with Crippen molar-refractivity contribution in [3.05, 3.63) is 35.9 Å². The maximum atomic E-state index is 13.2. The minimum atomic E-state index is -0.189. The van der Waals surface area contributed by atoms with Crippen molar-refractivity contribution in [3.8, 4) is 0 Å². The molecule has 0 unspecified atom stereocenters. The molecule has 1 atom stereocenters. The van der Waals surface area contributed by atoms with E-state index >= 15 is 0 Å². The Morgan fingerprint density at radius 2 is 1.74 bits per heavy atom. The van der Waals surface area contributed by atoms with Crippen LogP contribution in [0.4, 0.5) is 10.1 Å². The van der Waals surface area contributed by atoms with Gasteiger partial charge in [0.15, 0.2) is 5.82 Å². The van der Waals surface area contributed by atoms with Crippen LogP contribution in [0.3, 0.4) is 0 Å². The van der Waals surface area contributed by atoms with Crippen molar-refractivity contribution >= 4 is 5.69 Å². The molecule has 27 heavy (non-hydrogen) atoms. The number of aromatic nitrogens is 4. The van der Waals surface area contributed by atoms with Crippen LogP contribution in [-0.4, -0.2) is 51.3 Å². The molecule has 0 amide bonds. The minimum Gasteiger partial charge on any atom is -0.369 e. The van der Waals surface area contributed by atoms with Crippen LogP contribution >= 0.6 is 0 Å². The van der Waals surface area contributed by atoms with E-state index in [4.69, 9.17) is 0 Å². The lowest BCUT2D eigenvalue weighted by atomic mass is 10.0. The summed E-state index contributed by atoms with van der Waals surface area (Å²) in [6, 6.07) is 7.01. The van der Waals surface area contributed by atoms with Crippen LogP contribution in [0, 0.1) is 5.82 Å². The van der Waals surface area contributed by atoms with Gasteiger partial charge < -0.3 is 4.90 Å². The molecule has 148 valence electrons. The van der Waals surface area contributed by atoms with Crippen LogP contribution in [0.25, 0.3) is 0 Å². The number of piperazine rings is 1. The molecule has 0 N–H and O–H groups in total. The first-order chi connectivity index (χ1) is 13.0. The van der Waals surface area contributed by atoms with Crippen molar-refractivity contribution in [1.29, 1.82) is 0 Å². The Bertz CT molecular complexity index is 718. The highest BCUT2D eigenvalue weighted by Gasteiger charge is 2.32. The van der Waals surface area contributed by atoms with Gasteiger partial charge in [-0.2, -0.15) is 0 Å². The number of nitrogens with zero attached hydrogens (tertiary/aromatic N) is 6. The maximum Gasteiger partial charge on any atom is 0.168 e. The van der Waals surface area contributed by atoms with E-state index in [0.717, 1.165) is 57.0 Å². The summed E-state index contributed by atoms with van der Waals surface area (Å²) >= 11 is 0. The van der Waals surface area contributed by atoms with Crippen LogP contribution in [0.2, 0.25) is 0 Å². The smallest absolute Gasteiger partial charge is 0.168 e. The van der Waals surface area contributed by atoms with E-state index in [1.54, 1.807) is 0 Å². The molecule has 1 saturated heterocycles. The van der Waals surface area contributed by atoms with Gasteiger partial charge in [0.1, 0.15) is 5.82 Å². The Morgan fingerprint density at radius 3 is 2.33 bits per heavy atom. The Kier molecular flexibility index (Phi) is 6.09. The number of hydrogen-bond donors (Lipinski definition) is 0. The first kappa shape index (κ1) is 19.7. The second kappa shape index (κ2) is 8.33. The molecule has 2 heterocycles. The first-order valence-electron chi connectivity index (χ1n) is 9.99. The molecule has 0 saturated carbocycles. The SMILES string of the molecule is CCC[C@H](c1nnnn1C(C)(C)CC)N1CCN(c2ccc(F)cc2)CC1. The van der Waals surface area contributed by atoms with Crippen LogP contribution in [0.1, 0.15) is 58.8 Å². The molecule has 3 rings (SSSR count). The average molecular weight is 375 g/mol. The molecule has 1 fully saturated rings. The van der Waals surface area contributed by atoms with E-state index in [0.29, 0.717) is 0 Å². The molecule has 1 aliphatic heterocycles. The van der Waals surface area contributed by atoms with Gasteiger partial charge in [-0.15, -0.1) is 5.10 Å². The topological polar surface area (TPSA) is 50.1 Å². The number of hydrogen-bond acceptors (Lipinski definition) is 5. The molecule has 1 aromatic carbocycles. The summed E-state index contributed by atoms with van der Waals surface area (Å²) in [5.74, 6) is 0.782. The third-order valence-corrected chi connectivity index (χ3v) is 5.74. The Balaban J connectivity index is 1.74. The highest BCUT2D eigenvalue weighted by molar-refractivity contribution is 5.46. The lowest BCUT2D eigenvalue weighted by Gasteiger charge is -2.40. The van der Waals surface area contributed by atoms with Crippen molar-refractivity contribution in [2.45, 2.75) is 58.5 Å². The van der Waals surface area contributed by atoms with Crippen LogP contribution in [-0.2, 0) is 5.54 Å². The summed E-state index contributed by atoms with van der Waals surface area (Å²) in [5, 5.41) is 12.7. The van der Waals surface area contributed by atoms with Gasteiger partial charge in [0.25, 0.3) is 0 Å². The standard InChI is InChI=1S/C20H31FN6/c1-5-7-18(19-22-23-24-27(19)20(3,4)6-2)26-14-12-25(13-15-26)17-10-8-16(21)9-11-17/h8-11,18H,5-7,12-15H2,1-4H3/t18-/m1/s1. The largest absolute Gasteiger partial charge is 0.369 e. The van der Waals surface area contributed by atoms with E-state index in [1.807, 2.05) is 16.8 Å². The highest BCUT2D eigenvalue weighted by Crippen LogP contribution is 2.30. The molecule has 0 bridgehead atoms. The predicted molar refractivity (Wildman–Crippen MR) is 105 cm³/mol. The highest BCUT2D eigenvalue weighted by atomic mass is 19.1. The number of benzene rings is 1. The lowest BCUT2D eigenvalue weighted by molar-refractivity contribution is 0.154. The van der Waals surface area contributed by atoms with E-state index < -0.39 is 0 Å². The van der Waals surface area contributed by atoms with E-state index in [1.165, 1.54) is 12.1 Å². The molecule has 0 radical (unpaired) electrons. The van der Waals surface area contributed by atoms with E-state index in [-0.39, 0.29) is 17.4 Å². The fourth-order valence-corrected chi connectivity index (χ4v) is 3.67. The third kappa shape index (κ3) is 4.29. The van der Waals surface area contributed by atoms with Crippen LogP contribution in [0.15, 0.2) is 24.3 Å². The zero-order chi connectivity index (χ0) is 19.4. The van der Waals surface area contributed by atoms with Gasteiger partial charge in [0, 0.05) is 31.9 Å². The molecule has 1 aliphatic rings. The Labute approximate surface area is 161 Å². The quantitative estimate of drug-likeness (QED) is 0.741. The fraction of sp³-hybridized carbons (Fsp3) is 0.650. The first-order valence-corrected chi connectivity index (χ1v) is 9.99. The summed E-state index contributed by atoms with van der Waals surface area (Å²) in [6.07, 6.45) is 3.10. The summed E-state index contributed by atoms with van der Waals surface area (Å²) in [5.41, 5.74) is 0.987. The second-order valence-electron chi connectivity index (χ2n) is 7.92. The molecular weight excluding hydrogens is 343 g/mol. The third-order valence-electron chi connectivity index (χ3n) is 5.74. The molecule has 7 heteroatoms. The number of rotatable bonds is 7. The fourth-order valence-electron chi connectivity index (χ4n) is 3.67. The molecule has 6 nitrogen and oxygen atoms in total. The molecule has 1 aromatic heterocycles. The van der Waals surface area contributed by atoms with Crippen LogP contribution in [0.5, 0.6) is 0 Å². The predicted octanol–water partition coefficient (Wildman–Crippen LogP) is 3.62. The van der Waals surface area contributed by atoms with E-state index in [9.17, 15) is 4.39 Å². The Morgan fingerprint density at radius 1 is 1.07 bits per heavy atom. The maximum absolute atomic E-state index is 13.2. The van der Waals surface area contributed by atoms with Crippen molar-refractivity contribution in [1.82, 2.24) is 25.1 Å². The molecule has 0 aliphatic carbocycles. The van der Waals surface area contributed by atoms with E-state index in [2.05, 4.69) is 53.0 Å². The van der Waals surface area contributed by atoms with Crippen molar-refractivity contribution < 1.29 is 4.39 Å². The Hall–Kier alpha value is -2.02. The molecular formula is C20H31FN6. The molecule has 0 spiro atoms. The summed E-state index contributed by atoms with van der Waals surface area (Å²) in [4.78, 5) is 4.81. The monoisotopic (exact) mass is 374 g/mol. The number of anilines is 1. The summed E-state index contributed by atoms with van der Waals surface area (Å²) < 4.78 is 15.2.